The minimum atomic E-state index is -4.56. The van der Waals surface area contributed by atoms with Gasteiger partial charge in [0.05, 0.1) is 16.7 Å². The molecule has 0 aliphatic carbocycles. The number of hydrogen-bond donors (Lipinski definition) is 1. The number of benzene rings is 2. The molecule has 0 unspecified atom stereocenters. The summed E-state index contributed by atoms with van der Waals surface area (Å²) in [6, 6.07) is 10.6. The Kier molecular flexibility index (Phi) is 6.46. The molecule has 7 nitrogen and oxygen atoms in total. The van der Waals surface area contributed by atoms with Gasteiger partial charge in [-0.2, -0.15) is 13.2 Å². The van der Waals surface area contributed by atoms with E-state index >= 15 is 0 Å². The molecule has 1 aromatic heterocycles. The van der Waals surface area contributed by atoms with Crippen LogP contribution in [0.15, 0.2) is 42.5 Å². The minimum absolute atomic E-state index is 0.0455. The molecule has 166 valence electrons. The first kappa shape index (κ1) is 22.9. The Morgan fingerprint density at radius 3 is 2.61 bits per heavy atom. The zero-order chi connectivity index (χ0) is 22.8. The number of rotatable bonds is 7. The lowest BCUT2D eigenvalue weighted by Crippen LogP contribution is -2.23. The number of imidazole rings is 1. The third-order valence-electron chi connectivity index (χ3n) is 4.03. The lowest BCUT2D eigenvalue weighted by Gasteiger charge is -2.15. The molecule has 1 N–H and O–H groups in total. The number of nitrogens with zero attached hydrogens (tertiary/aromatic N) is 2. The van der Waals surface area contributed by atoms with Gasteiger partial charge in [-0.05, 0) is 30.3 Å². The summed E-state index contributed by atoms with van der Waals surface area (Å²) in [6.45, 7) is -1.86. The quantitative estimate of drug-likeness (QED) is 0.561. The van der Waals surface area contributed by atoms with E-state index in [1.54, 1.807) is 24.3 Å². The largest absolute Gasteiger partial charge is 0.482 e. The first-order valence-electron chi connectivity index (χ1n) is 8.82. The summed E-state index contributed by atoms with van der Waals surface area (Å²) in [5.41, 5.74) is 0.998. The summed E-state index contributed by atoms with van der Waals surface area (Å²) in [4.78, 5) is 17.0. The van der Waals surface area contributed by atoms with Gasteiger partial charge < -0.3 is 14.6 Å². The number of alkyl halides is 3. The molecule has 3 aromatic rings. The van der Waals surface area contributed by atoms with Crippen molar-refractivity contribution < 1.29 is 31.1 Å². The number of sulfone groups is 1. The molecule has 1 heterocycles. The van der Waals surface area contributed by atoms with Crippen LogP contribution in [0.4, 0.5) is 18.9 Å². The molecular weight excluding hydrogens is 459 g/mol. The lowest BCUT2D eigenvalue weighted by atomic mass is 10.3. The zero-order valence-corrected chi connectivity index (χ0v) is 17.7. The number of aromatic nitrogens is 2. The van der Waals surface area contributed by atoms with Gasteiger partial charge in [0.25, 0.3) is 0 Å². The monoisotopic (exact) mass is 475 g/mol. The van der Waals surface area contributed by atoms with E-state index in [9.17, 15) is 26.4 Å². The van der Waals surface area contributed by atoms with E-state index in [1.807, 2.05) is 0 Å². The van der Waals surface area contributed by atoms with Crippen molar-refractivity contribution in [3.05, 3.63) is 53.3 Å². The SMILES string of the molecule is CS(=O)(=O)Cc1nc2ccccc2n1CC(=O)Nc1cc(Cl)ccc1OCC(F)(F)F. The predicted octanol–water partition coefficient (Wildman–Crippen LogP) is 3.81. The van der Waals surface area contributed by atoms with Crippen molar-refractivity contribution in [1.82, 2.24) is 9.55 Å². The number of nitrogens with one attached hydrogen (secondary N) is 1. The van der Waals surface area contributed by atoms with Crippen LogP contribution in [0.3, 0.4) is 0 Å². The normalized spacial score (nSPS) is 12.2. The molecule has 0 bridgehead atoms. The standard InChI is InChI=1S/C19H17ClF3N3O4S/c1-31(28,29)10-17-24-13-4-2-3-5-15(13)26(17)9-18(27)25-14-8-12(20)6-7-16(14)30-11-19(21,22)23/h2-8H,9-11H2,1H3,(H,25,27). The smallest absolute Gasteiger partial charge is 0.422 e. The highest BCUT2D eigenvalue weighted by Crippen LogP contribution is 2.30. The molecular formula is C19H17ClF3N3O4S. The van der Waals surface area contributed by atoms with Crippen molar-refractivity contribution in [3.8, 4) is 5.75 Å². The maximum absolute atomic E-state index is 12.7. The average molecular weight is 476 g/mol. The van der Waals surface area contributed by atoms with Crippen molar-refractivity contribution in [1.29, 1.82) is 0 Å². The topological polar surface area (TPSA) is 90.3 Å². The van der Waals surface area contributed by atoms with Gasteiger partial charge in [-0.15, -0.1) is 0 Å². The van der Waals surface area contributed by atoms with E-state index in [0.29, 0.717) is 11.0 Å². The number of fused-ring (bicyclic) bond motifs is 1. The highest BCUT2D eigenvalue weighted by Gasteiger charge is 2.29. The Labute approximate surface area is 180 Å². The first-order valence-corrected chi connectivity index (χ1v) is 11.3. The summed E-state index contributed by atoms with van der Waals surface area (Å²) < 4.78 is 67.2. The van der Waals surface area contributed by atoms with Gasteiger partial charge in [-0.1, -0.05) is 23.7 Å². The molecule has 31 heavy (non-hydrogen) atoms. The number of carbonyl (C=O) groups is 1. The maximum atomic E-state index is 12.7. The Morgan fingerprint density at radius 2 is 1.94 bits per heavy atom. The Morgan fingerprint density at radius 1 is 1.23 bits per heavy atom. The fourth-order valence-corrected chi connectivity index (χ4v) is 3.73. The number of carbonyl (C=O) groups excluding carboxylic acids is 1. The number of halogens is 4. The molecule has 0 radical (unpaired) electrons. The van der Waals surface area contributed by atoms with Crippen LogP contribution >= 0.6 is 11.6 Å². The van der Waals surface area contributed by atoms with Crippen LogP contribution < -0.4 is 10.1 Å². The highest BCUT2D eigenvalue weighted by molar-refractivity contribution is 7.89. The van der Waals surface area contributed by atoms with Crippen LogP contribution in [0.25, 0.3) is 11.0 Å². The van der Waals surface area contributed by atoms with Crippen molar-refractivity contribution in [2.24, 2.45) is 0 Å². The minimum Gasteiger partial charge on any atom is -0.482 e. The van der Waals surface area contributed by atoms with Crippen LogP contribution in [0.2, 0.25) is 5.02 Å². The van der Waals surface area contributed by atoms with Gasteiger partial charge in [-0.3, -0.25) is 4.79 Å². The van der Waals surface area contributed by atoms with Crippen molar-refractivity contribution in [3.63, 3.8) is 0 Å². The van der Waals surface area contributed by atoms with Crippen molar-refractivity contribution in [2.75, 3.05) is 18.2 Å². The second kappa shape index (κ2) is 8.75. The van der Waals surface area contributed by atoms with Crippen LogP contribution in [0, 0.1) is 0 Å². The molecule has 0 spiro atoms. The van der Waals surface area contributed by atoms with E-state index < -0.39 is 28.5 Å². The van der Waals surface area contributed by atoms with Crippen LogP contribution in [-0.2, 0) is 26.9 Å². The third-order valence-corrected chi connectivity index (χ3v) is 5.05. The third kappa shape index (κ3) is 6.34. The highest BCUT2D eigenvalue weighted by atomic mass is 35.5. The molecule has 2 aromatic carbocycles. The average Bonchev–Trinajstić information content (AvgIpc) is 2.95. The summed E-state index contributed by atoms with van der Waals surface area (Å²) in [7, 11) is -3.43. The summed E-state index contributed by atoms with van der Waals surface area (Å²) >= 11 is 5.90. The number of hydrogen-bond acceptors (Lipinski definition) is 5. The molecule has 1 amide bonds. The van der Waals surface area contributed by atoms with Crippen molar-refractivity contribution in [2.45, 2.75) is 18.5 Å². The Bertz CT molecular complexity index is 1230. The Balaban J connectivity index is 1.87. The number of para-hydroxylation sites is 2. The molecule has 0 saturated heterocycles. The second-order valence-corrected chi connectivity index (χ2v) is 9.34. The fraction of sp³-hybridized carbons (Fsp3) is 0.263. The van der Waals surface area contributed by atoms with Crippen LogP contribution in [0.1, 0.15) is 5.82 Å². The van der Waals surface area contributed by atoms with Gasteiger partial charge in [-0.25, -0.2) is 13.4 Å². The van der Waals surface area contributed by atoms with E-state index in [1.165, 1.54) is 22.8 Å². The molecule has 0 atom stereocenters. The molecule has 0 aliphatic rings. The molecule has 3 rings (SSSR count). The van der Waals surface area contributed by atoms with Gasteiger partial charge in [0, 0.05) is 11.3 Å². The predicted molar refractivity (Wildman–Crippen MR) is 110 cm³/mol. The molecule has 0 aliphatic heterocycles. The van der Waals surface area contributed by atoms with E-state index in [2.05, 4.69) is 10.3 Å². The van der Waals surface area contributed by atoms with Gasteiger partial charge >= 0.3 is 6.18 Å². The Hall–Kier alpha value is -2.79. The van der Waals surface area contributed by atoms with Crippen LogP contribution in [0.5, 0.6) is 5.75 Å². The van der Waals surface area contributed by atoms with Gasteiger partial charge in [0.1, 0.15) is 23.9 Å². The maximum Gasteiger partial charge on any atom is 0.422 e. The summed E-state index contributed by atoms with van der Waals surface area (Å²) in [6.07, 6.45) is -3.51. The van der Waals surface area contributed by atoms with Crippen LogP contribution in [-0.4, -0.2) is 42.9 Å². The molecule has 0 fully saturated rings. The van der Waals surface area contributed by atoms with Gasteiger partial charge in [0.2, 0.25) is 5.91 Å². The number of amides is 1. The number of ether oxygens (including phenoxy) is 1. The molecule has 0 saturated carbocycles. The lowest BCUT2D eigenvalue weighted by molar-refractivity contribution is -0.153. The van der Waals surface area contributed by atoms with E-state index in [-0.39, 0.29) is 34.6 Å². The zero-order valence-electron chi connectivity index (χ0n) is 16.1. The first-order chi connectivity index (χ1) is 14.4. The van der Waals surface area contributed by atoms with E-state index in [0.717, 1.165) is 6.26 Å². The fourth-order valence-electron chi connectivity index (χ4n) is 2.87. The van der Waals surface area contributed by atoms with Gasteiger partial charge in [0.15, 0.2) is 16.4 Å². The second-order valence-electron chi connectivity index (χ2n) is 6.77. The van der Waals surface area contributed by atoms with Crippen molar-refractivity contribution >= 4 is 44.1 Å². The molecule has 12 heteroatoms. The number of anilines is 1. The summed E-state index contributed by atoms with van der Waals surface area (Å²) in [5.74, 6) is -1.05. The van der Waals surface area contributed by atoms with E-state index in [4.69, 9.17) is 16.3 Å². The summed E-state index contributed by atoms with van der Waals surface area (Å²) in [5, 5.41) is 2.65.